The molecular formula is C12H24N2O2. The molecule has 4 heteroatoms. The summed E-state index contributed by atoms with van der Waals surface area (Å²) in [6.07, 6.45) is 2.18. The average Bonchev–Trinajstić information content (AvgIpc) is 2.27. The SMILES string of the molecule is CC(N)C1CCN(C(C)C(C)C(=O)O)CC1. The number of carbonyl (C=O) groups is 1. The van der Waals surface area contributed by atoms with Gasteiger partial charge in [-0.25, -0.2) is 0 Å². The number of carboxylic acids is 1. The van der Waals surface area contributed by atoms with Gasteiger partial charge in [0.05, 0.1) is 5.92 Å². The van der Waals surface area contributed by atoms with Gasteiger partial charge in [-0.05, 0) is 45.7 Å². The standard InChI is InChI=1S/C12H24N2O2/c1-8(12(15)16)10(3)14-6-4-11(5-7-14)9(2)13/h8-11H,4-7,13H2,1-3H3,(H,15,16). The number of hydrogen-bond acceptors (Lipinski definition) is 3. The fourth-order valence-corrected chi connectivity index (χ4v) is 2.38. The number of carboxylic acid groups (broad SMARTS) is 1. The normalized spacial score (nSPS) is 25.0. The number of nitrogens with two attached hydrogens (primary N) is 1. The van der Waals surface area contributed by atoms with Gasteiger partial charge in [-0.3, -0.25) is 9.69 Å². The summed E-state index contributed by atoms with van der Waals surface area (Å²) >= 11 is 0. The van der Waals surface area contributed by atoms with Gasteiger partial charge >= 0.3 is 5.97 Å². The van der Waals surface area contributed by atoms with Crippen molar-refractivity contribution in [3.05, 3.63) is 0 Å². The molecule has 0 amide bonds. The Hall–Kier alpha value is -0.610. The third kappa shape index (κ3) is 3.19. The summed E-state index contributed by atoms with van der Waals surface area (Å²) in [5, 5.41) is 8.98. The Balaban J connectivity index is 2.44. The molecule has 1 aliphatic heterocycles. The van der Waals surface area contributed by atoms with Crippen molar-refractivity contribution in [1.82, 2.24) is 4.90 Å². The molecule has 0 aliphatic carbocycles. The number of rotatable bonds is 4. The Bertz CT molecular complexity index is 235. The van der Waals surface area contributed by atoms with Crippen LogP contribution in [0.2, 0.25) is 0 Å². The lowest BCUT2D eigenvalue weighted by molar-refractivity contribution is -0.143. The molecule has 1 saturated heterocycles. The van der Waals surface area contributed by atoms with Gasteiger partial charge in [-0.1, -0.05) is 6.92 Å². The smallest absolute Gasteiger partial charge is 0.307 e. The Morgan fingerprint density at radius 2 is 1.81 bits per heavy atom. The molecule has 3 unspecified atom stereocenters. The Labute approximate surface area is 97.8 Å². The molecule has 4 nitrogen and oxygen atoms in total. The van der Waals surface area contributed by atoms with Gasteiger partial charge in [-0.2, -0.15) is 0 Å². The molecule has 3 N–H and O–H groups in total. The summed E-state index contributed by atoms with van der Waals surface area (Å²) in [7, 11) is 0. The van der Waals surface area contributed by atoms with Crippen LogP contribution in [0.1, 0.15) is 33.6 Å². The first-order valence-electron chi connectivity index (χ1n) is 6.16. The van der Waals surface area contributed by atoms with Crippen molar-refractivity contribution in [1.29, 1.82) is 0 Å². The van der Waals surface area contributed by atoms with E-state index in [1.54, 1.807) is 6.92 Å². The zero-order valence-electron chi connectivity index (χ0n) is 10.5. The van der Waals surface area contributed by atoms with Gasteiger partial charge < -0.3 is 10.8 Å². The molecule has 1 fully saturated rings. The molecule has 0 bridgehead atoms. The van der Waals surface area contributed by atoms with Gasteiger partial charge in [0.15, 0.2) is 0 Å². The van der Waals surface area contributed by atoms with E-state index in [0.29, 0.717) is 5.92 Å². The van der Waals surface area contributed by atoms with Crippen molar-refractivity contribution < 1.29 is 9.90 Å². The summed E-state index contributed by atoms with van der Waals surface area (Å²) < 4.78 is 0. The largest absolute Gasteiger partial charge is 0.481 e. The van der Waals surface area contributed by atoms with E-state index in [1.807, 2.05) is 6.92 Å². The van der Waals surface area contributed by atoms with Gasteiger partial charge in [0.2, 0.25) is 0 Å². The van der Waals surface area contributed by atoms with Gasteiger partial charge in [0.1, 0.15) is 0 Å². The third-order valence-corrected chi connectivity index (χ3v) is 4.01. The van der Waals surface area contributed by atoms with E-state index < -0.39 is 5.97 Å². The van der Waals surface area contributed by atoms with E-state index in [9.17, 15) is 4.79 Å². The highest BCUT2D eigenvalue weighted by atomic mass is 16.4. The van der Waals surface area contributed by atoms with Crippen LogP contribution < -0.4 is 5.73 Å². The summed E-state index contributed by atoms with van der Waals surface area (Å²) in [6, 6.07) is 0.376. The van der Waals surface area contributed by atoms with Crippen molar-refractivity contribution in [3.63, 3.8) is 0 Å². The average molecular weight is 228 g/mol. The van der Waals surface area contributed by atoms with Gasteiger partial charge in [0.25, 0.3) is 0 Å². The number of piperidine rings is 1. The molecule has 0 saturated carbocycles. The number of nitrogens with zero attached hydrogens (tertiary/aromatic N) is 1. The van der Waals surface area contributed by atoms with E-state index in [-0.39, 0.29) is 18.0 Å². The van der Waals surface area contributed by atoms with Crippen LogP contribution in [0.3, 0.4) is 0 Å². The first-order valence-corrected chi connectivity index (χ1v) is 6.16. The Morgan fingerprint density at radius 3 is 2.19 bits per heavy atom. The number of hydrogen-bond donors (Lipinski definition) is 2. The van der Waals surface area contributed by atoms with Crippen LogP contribution >= 0.6 is 0 Å². The van der Waals surface area contributed by atoms with E-state index in [4.69, 9.17) is 10.8 Å². The van der Waals surface area contributed by atoms with Crippen molar-refractivity contribution in [2.75, 3.05) is 13.1 Å². The van der Waals surface area contributed by atoms with Crippen molar-refractivity contribution in [2.24, 2.45) is 17.6 Å². The van der Waals surface area contributed by atoms with Crippen LogP contribution in [0.25, 0.3) is 0 Å². The predicted octanol–water partition coefficient (Wildman–Crippen LogP) is 1.15. The maximum Gasteiger partial charge on any atom is 0.307 e. The maximum absolute atomic E-state index is 10.9. The number of aliphatic carboxylic acids is 1. The molecule has 0 radical (unpaired) electrons. The minimum absolute atomic E-state index is 0.117. The highest BCUT2D eigenvalue weighted by molar-refractivity contribution is 5.70. The first kappa shape index (κ1) is 13.5. The van der Waals surface area contributed by atoms with E-state index >= 15 is 0 Å². The molecule has 0 aromatic rings. The maximum atomic E-state index is 10.9. The quantitative estimate of drug-likeness (QED) is 0.757. The zero-order chi connectivity index (χ0) is 12.3. The lowest BCUT2D eigenvalue weighted by atomic mass is 9.89. The molecule has 0 aromatic heterocycles. The molecule has 0 aromatic carbocycles. The second-order valence-electron chi connectivity index (χ2n) is 5.10. The minimum Gasteiger partial charge on any atom is -0.481 e. The van der Waals surface area contributed by atoms with Crippen LogP contribution in [0.4, 0.5) is 0 Å². The fourth-order valence-electron chi connectivity index (χ4n) is 2.38. The van der Waals surface area contributed by atoms with Crippen LogP contribution in [-0.4, -0.2) is 41.1 Å². The highest BCUT2D eigenvalue weighted by Crippen LogP contribution is 2.23. The molecule has 0 spiro atoms. The van der Waals surface area contributed by atoms with E-state index in [1.165, 1.54) is 0 Å². The lowest BCUT2D eigenvalue weighted by Gasteiger charge is -2.38. The molecule has 1 heterocycles. The summed E-state index contributed by atoms with van der Waals surface area (Å²) in [5.74, 6) is -0.405. The van der Waals surface area contributed by atoms with Crippen LogP contribution in [0.15, 0.2) is 0 Å². The fraction of sp³-hybridized carbons (Fsp3) is 0.917. The predicted molar refractivity (Wildman–Crippen MR) is 64.2 cm³/mol. The monoisotopic (exact) mass is 228 g/mol. The Kier molecular flexibility index (Phi) is 4.74. The van der Waals surface area contributed by atoms with Gasteiger partial charge in [0, 0.05) is 12.1 Å². The third-order valence-electron chi connectivity index (χ3n) is 4.01. The number of likely N-dealkylation sites (tertiary alicyclic amines) is 1. The first-order chi connectivity index (χ1) is 7.43. The van der Waals surface area contributed by atoms with Crippen LogP contribution in [0, 0.1) is 11.8 Å². The lowest BCUT2D eigenvalue weighted by Crippen LogP contribution is -2.47. The molecule has 16 heavy (non-hydrogen) atoms. The summed E-state index contributed by atoms with van der Waals surface area (Å²) in [6.45, 7) is 7.80. The molecule has 94 valence electrons. The van der Waals surface area contributed by atoms with Crippen LogP contribution in [-0.2, 0) is 4.79 Å². The van der Waals surface area contributed by atoms with E-state index in [2.05, 4.69) is 11.8 Å². The molecule has 1 rings (SSSR count). The van der Waals surface area contributed by atoms with Crippen LogP contribution in [0.5, 0.6) is 0 Å². The van der Waals surface area contributed by atoms with Crippen molar-refractivity contribution in [3.8, 4) is 0 Å². The molecular weight excluding hydrogens is 204 g/mol. The van der Waals surface area contributed by atoms with Crippen molar-refractivity contribution >= 4 is 5.97 Å². The molecule has 1 aliphatic rings. The topological polar surface area (TPSA) is 66.6 Å². The second kappa shape index (κ2) is 5.64. The summed E-state index contributed by atoms with van der Waals surface area (Å²) in [4.78, 5) is 13.2. The highest BCUT2D eigenvalue weighted by Gasteiger charge is 2.29. The Morgan fingerprint density at radius 1 is 1.31 bits per heavy atom. The summed E-state index contributed by atoms with van der Waals surface area (Å²) in [5.41, 5.74) is 5.88. The van der Waals surface area contributed by atoms with E-state index in [0.717, 1.165) is 25.9 Å². The minimum atomic E-state index is -0.707. The zero-order valence-corrected chi connectivity index (χ0v) is 10.5. The molecule has 3 atom stereocenters. The second-order valence-corrected chi connectivity index (χ2v) is 5.10. The van der Waals surface area contributed by atoms with Crippen molar-refractivity contribution in [2.45, 2.75) is 45.7 Å². The van der Waals surface area contributed by atoms with Gasteiger partial charge in [-0.15, -0.1) is 0 Å².